The predicted molar refractivity (Wildman–Crippen MR) is 63.3 cm³/mol. The largest absolute Gasteiger partial charge is 0.236 e. The standard InChI is InChI=1S/C14H17O4/c1-2-6-12(14-8-4-10-16-18-14)11(5-1)13-7-3-9-15-17-13/h1-2,5,13-14H,3-4,7-10H2. The fourth-order valence-electron chi connectivity index (χ4n) is 2.43. The van der Waals surface area contributed by atoms with E-state index in [1.54, 1.807) is 0 Å². The van der Waals surface area contributed by atoms with Gasteiger partial charge in [0.25, 0.3) is 0 Å². The fourth-order valence-corrected chi connectivity index (χ4v) is 2.43. The Kier molecular flexibility index (Phi) is 3.90. The second-order valence-corrected chi connectivity index (χ2v) is 4.64. The molecule has 18 heavy (non-hydrogen) atoms. The molecule has 0 bridgehead atoms. The summed E-state index contributed by atoms with van der Waals surface area (Å²) in [4.78, 5) is 20.9. The summed E-state index contributed by atoms with van der Waals surface area (Å²) in [5, 5.41) is 0. The molecule has 0 spiro atoms. The molecule has 2 heterocycles. The van der Waals surface area contributed by atoms with Crippen molar-refractivity contribution < 1.29 is 19.6 Å². The first kappa shape index (κ1) is 12.1. The van der Waals surface area contributed by atoms with Crippen LogP contribution in [0.25, 0.3) is 0 Å². The van der Waals surface area contributed by atoms with Crippen molar-refractivity contribution in [2.24, 2.45) is 0 Å². The Morgan fingerprint density at radius 2 is 1.72 bits per heavy atom. The van der Waals surface area contributed by atoms with Crippen LogP contribution in [0.4, 0.5) is 0 Å². The van der Waals surface area contributed by atoms with Gasteiger partial charge >= 0.3 is 0 Å². The van der Waals surface area contributed by atoms with Crippen molar-refractivity contribution in [3.8, 4) is 0 Å². The first-order valence-corrected chi connectivity index (χ1v) is 6.52. The Morgan fingerprint density at radius 3 is 2.39 bits per heavy atom. The van der Waals surface area contributed by atoms with E-state index >= 15 is 0 Å². The normalized spacial score (nSPS) is 29.1. The maximum Gasteiger partial charge on any atom is 0.119 e. The molecule has 0 saturated carbocycles. The minimum Gasteiger partial charge on any atom is -0.236 e. The smallest absolute Gasteiger partial charge is 0.119 e. The molecule has 2 atom stereocenters. The van der Waals surface area contributed by atoms with Crippen LogP contribution < -0.4 is 0 Å². The molecule has 0 aromatic heterocycles. The molecule has 1 radical (unpaired) electrons. The van der Waals surface area contributed by atoms with Crippen molar-refractivity contribution in [1.29, 1.82) is 0 Å². The topological polar surface area (TPSA) is 36.9 Å². The van der Waals surface area contributed by atoms with Crippen molar-refractivity contribution in [2.45, 2.75) is 37.9 Å². The van der Waals surface area contributed by atoms with Crippen LogP contribution in [0.2, 0.25) is 0 Å². The first-order chi connectivity index (χ1) is 8.95. The Bertz CT molecular complexity index is 344. The van der Waals surface area contributed by atoms with Crippen LogP contribution in [0.1, 0.15) is 49.0 Å². The second-order valence-electron chi connectivity index (χ2n) is 4.64. The van der Waals surface area contributed by atoms with Gasteiger partial charge in [0.05, 0.1) is 13.2 Å². The molecule has 2 fully saturated rings. The van der Waals surface area contributed by atoms with Crippen LogP contribution in [-0.2, 0) is 19.6 Å². The van der Waals surface area contributed by atoms with E-state index in [-0.39, 0.29) is 12.2 Å². The predicted octanol–water partition coefficient (Wildman–Crippen LogP) is 3.05. The van der Waals surface area contributed by atoms with E-state index in [4.69, 9.17) is 19.6 Å². The van der Waals surface area contributed by atoms with Gasteiger partial charge in [0.2, 0.25) is 0 Å². The minimum absolute atomic E-state index is 0.0169. The van der Waals surface area contributed by atoms with Gasteiger partial charge in [-0.25, -0.2) is 19.6 Å². The SMILES string of the molecule is [c]1cccc(C2CCCOO2)c1C1CCCOO1. The van der Waals surface area contributed by atoms with Crippen LogP contribution in [0.5, 0.6) is 0 Å². The number of rotatable bonds is 2. The molecule has 97 valence electrons. The van der Waals surface area contributed by atoms with Crippen LogP contribution in [0.3, 0.4) is 0 Å². The maximum atomic E-state index is 5.38. The highest BCUT2D eigenvalue weighted by Gasteiger charge is 2.26. The summed E-state index contributed by atoms with van der Waals surface area (Å²) >= 11 is 0. The second kappa shape index (κ2) is 5.80. The molecule has 2 unspecified atom stereocenters. The fraction of sp³-hybridized carbons (Fsp3) is 0.571. The van der Waals surface area contributed by atoms with Crippen LogP contribution in [-0.4, -0.2) is 13.2 Å². The van der Waals surface area contributed by atoms with Crippen LogP contribution >= 0.6 is 0 Å². The molecule has 0 amide bonds. The van der Waals surface area contributed by atoms with Crippen molar-refractivity contribution in [3.63, 3.8) is 0 Å². The lowest BCUT2D eigenvalue weighted by Crippen LogP contribution is -2.19. The van der Waals surface area contributed by atoms with Gasteiger partial charge in [-0.1, -0.05) is 18.2 Å². The van der Waals surface area contributed by atoms with E-state index in [0.29, 0.717) is 13.2 Å². The Hall–Kier alpha value is -0.940. The van der Waals surface area contributed by atoms with Gasteiger partial charge in [-0.3, -0.25) is 0 Å². The first-order valence-electron chi connectivity index (χ1n) is 6.52. The Morgan fingerprint density at radius 1 is 1.00 bits per heavy atom. The van der Waals surface area contributed by atoms with Gasteiger partial charge in [-0.15, -0.1) is 0 Å². The Balaban J connectivity index is 1.83. The van der Waals surface area contributed by atoms with Gasteiger partial charge in [0.1, 0.15) is 12.2 Å². The summed E-state index contributed by atoms with van der Waals surface area (Å²) in [5.74, 6) is 0. The minimum atomic E-state index is -0.0412. The summed E-state index contributed by atoms with van der Waals surface area (Å²) in [5.41, 5.74) is 2.14. The lowest BCUT2D eigenvalue weighted by molar-refractivity contribution is -0.353. The molecule has 2 saturated heterocycles. The van der Waals surface area contributed by atoms with Crippen molar-refractivity contribution in [1.82, 2.24) is 0 Å². The lowest BCUT2D eigenvalue weighted by atomic mass is 9.93. The summed E-state index contributed by atoms with van der Waals surface area (Å²) in [6.07, 6.45) is 3.90. The van der Waals surface area contributed by atoms with E-state index in [9.17, 15) is 0 Å². The monoisotopic (exact) mass is 249 g/mol. The highest BCUT2D eigenvalue weighted by Crippen LogP contribution is 2.35. The summed E-state index contributed by atoms with van der Waals surface area (Å²) in [7, 11) is 0. The molecular weight excluding hydrogens is 232 g/mol. The number of hydrogen-bond donors (Lipinski definition) is 0. The van der Waals surface area contributed by atoms with Gasteiger partial charge in [-0.05, 0) is 42.9 Å². The Labute approximate surface area is 107 Å². The van der Waals surface area contributed by atoms with Crippen molar-refractivity contribution in [3.05, 3.63) is 35.4 Å². The lowest BCUT2D eigenvalue weighted by Gasteiger charge is -2.27. The highest BCUT2D eigenvalue weighted by atomic mass is 17.2. The zero-order valence-corrected chi connectivity index (χ0v) is 10.3. The van der Waals surface area contributed by atoms with Gasteiger partial charge < -0.3 is 0 Å². The molecular formula is C14H17O4. The molecule has 1 aromatic carbocycles. The molecule has 0 aliphatic carbocycles. The molecule has 3 rings (SSSR count). The van der Waals surface area contributed by atoms with Crippen LogP contribution in [0.15, 0.2) is 18.2 Å². The maximum absolute atomic E-state index is 5.38. The zero-order chi connectivity index (χ0) is 12.2. The number of hydrogen-bond acceptors (Lipinski definition) is 4. The molecule has 4 heteroatoms. The van der Waals surface area contributed by atoms with Gasteiger partial charge in [-0.2, -0.15) is 0 Å². The summed E-state index contributed by atoms with van der Waals surface area (Å²) < 4.78 is 0. The zero-order valence-electron chi connectivity index (χ0n) is 10.3. The van der Waals surface area contributed by atoms with E-state index in [2.05, 4.69) is 12.1 Å². The van der Waals surface area contributed by atoms with E-state index in [1.807, 2.05) is 12.1 Å². The average molecular weight is 249 g/mol. The summed E-state index contributed by atoms with van der Waals surface area (Å²) in [6.45, 7) is 1.34. The third-order valence-corrected chi connectivity index (χ3v) is 3.35. The molecule has 4 nitrogen and oxygen atoms in total. The van der Waals surface area contributed by atoms with E-state index in [1.165, 1.54) is 0 Å². The van der Waals surface area contributed by atoms with Crippen molar-refractivity contribution >= 4 is 0 Å². The molecule has 1 aromatic rings. The highest BCUT2D eigenvalue weighted by molar-refractivity contribution is 5.30. The molecule has 2 aliphatic heterocycles. The number of benzene rings is 1. The van der Waals surface area contributed by atoms with Gasteiger partial charge in [0.15, 0.2) is 0 Å². The summed E-state index contributed by atoms with van der Waals surface area (Å²) in [6, 6.07) is 9.20. The quantitative estimate of drug-likeness (QED) is 0.755. The van der Waals surface area contributed by atoms with E-state index < -0.39 is 0 Å². The van der Waals surface area contributed by atoms with Gasteiger partial charge in [0, 0.05) is 0 Å². The van der Waals surface area contributed by atoms with Crippen LogP contribution in [0, 0.1) is 6.07 Å². The third kappa shape index (κ3) is 2.57. The average Bonchev–Trinajstić information content (AvgIpc) is 2.49. The third-order valence-electron chi connectivity index (χ3n) is 3.35. The van der Waals surface area contributed by atoms with E-state index in [0.717, 1.165) is 36.8 Å². The van der Waals surface area contributed by atoms with Crippen molar-refractivity contribution in [2.75, 3.05) is 13.2 Å². The molecule has 0 N–H and O–H groups in total. The molecule has 2 aliphatic rings.